The zero-order valence-corrected chi connectivity index (χ0v) is 16.0. The molecule has 0 aliphatic carbocycles. The third kappa shape index (κ3) is 4.29. The molecular formula is C18H24N4O5. The zero-order chi connectivity index (χ0) is 19.8. The number of amides is 1. The summed E-state index contributed by atoms with van der Waals surface area (Å²) in [6, 6.07) is 4.73. The molecule has 1 amide bonds. The Labute approximate surface area is 157 Å². The van der Waals surface area contributed by atoms with E-state index in [2.05, 4.69) is 4.98 Å². The van der Waals surface area contributed by atoms with Crippen molar-refractivity contribution >= 4 is 28.9 Å². The number of anilines is 1. The minimum Gasteiger partial charge on any atom is -0.444 e. The number of nitro groups is 1. The van der Waals surface area contributed by atoms with Crippen LogP contribution in [0.15, 0.2) is 22.6 Å². The predicted molar refractivity (Wildman–Crippen MR) is 99.9 cm³/mol. The number of nitro benzene ring substituents is 1. The number of hydrogen-bond donors (Lipinski definition) is 0. The third-order valence-corrected chi connectivity index (χ3v) is 4.47. The van der Waals surface area contributed by atoms with Gasteiger partial charge in [0.1, 0.15) is 11.1 Å². The molecule has 2 heterocycles. The molecule has 1 saturated heterocycles. The van der Waals surface area contributed by atoms with Gasteiger partial charge >= 0.3 is 6.09 Å². The SMILES string of the molecule is CN(C(=O)OC(C)(C)C)[C@@H]1CCCN(c2nc3cc([N+](=O)[O-])ccc3o2)C1. The maximum Gasteiger partial charge on any atom is 0.410 e. The van der Waals surface area contributed by atoms with Crippen molar-refractivity contribution in [1.29, 1.82) is 0 Å². The Kier molecular flexibility index (Phi) is 4.95. The van der Waals surface area contributed by atoms with E-state index in [1.165, 1.54) is 12.1 Å². The van der Waals surface area contributed by atoms with Gasteiger partial charge in [0, 0.05) is 32.3 Å². The lowest BCUT2D eigenvalue weighted by Crippen LogP contribution is -2.49. The maximum absolute atomic E-state index is 12.3. The van der Waals surface area contributed by atoms with Crippen LogP contribution in [-0.4, -0.2) is 52.7 Å². The molecule has 1 atom stereocenters. The van der Waals surface area contributed by atoms with Crippen LogP contribution in [0.1, 0.15) is 33.6 Å². The molecule has 1 aromatic carbocycles. The quantitative estimate of drug-likeness (QED) is 0.596. The Morgan fingerprint density at radius 3 is 2.85 bits per heavy atom. The molecular weight excluding hydrogens is 352 g/mol. The first kappa shape index (κ1) is 18.9. The largest absolute Gasteiger partial charge is 0.444 e. The highest BCUT2D eigenvalue weighted by Crippen LogP contribution is 2.28. The second kappa shape index (κ2) is 7.05. The average Bonchev–Trinajstić information content (AvgIpc) is 3.03. The lowest BCUT2D eigenvalue weighted by molar-refractivity contribution is -0.384. The first-order chi connectivity index (χ1) is 12.6. The first-order valence-corrected chi connectivity index (χ1v) is 8.90. The molecule has 1 aliphatic heterocycles. The summed E-state index contributed by atoms with van der Waals surface area (Å²) in [6.45, 7) is 6.81. The summed E-state index contributed by atoms with van der Waals surface area (Å²) in [5.41, 5.74) is 0.373. The smallest absolute Gasteiger partial charge is 0.410 e. The Morgan fingerprint density at radius 2 is 2.19 bits per heavy atom. The number of carbonyl (C=O) groups excluding carboxylic acids is 1. The summed E-state index contributed by atoms with van der Waals surface area (Å²) >= 11 is 0. The van der Waals surface area contributed by atoms with Gasteiger partial charge < -0.3 is 19.0 Å². The van der Waals surface area contributed by atoms with Gasteiger partial charge in [0.25, 0.3) is 11.7 Å². The number of non-ortho nitro benzene ring substituents is 1. The minimum atomic E-state index is -0.547. The Morgan fingerprint density at radius 1 is 1.44 bits per heavy atom. The van der Waals surface area contributed by atoms with Crippen molar-refractivity contribution in [2.75, 3.05) is 25.0 Å². The maximum atomic E-state index is 12.3. The Hall–Kier alpha value is -2.84. The molecule has 0 N–H and O–H groups in total. The van der Waals surface area contributed by atoms with Crippen LogP contribution in [0.25, 0.3) is 11.1 Å². The van der Waals surface area contributed by atoms with Gasteiger partial charge in [-0.1, -0.05) is 0 Å². The minimum absolute atomic E-state index is 0.0245. The molecule has 9 heteroatoms. The molecule has 1 aliphatic rings. The van der Waals surface area contributed by atoms with E-state index in [1.807, 2.05) is 25.7 Å². The summed E-state index contributed by atoms with van der Waals surface area (Å²) in [7, 11) is 1.73. The fourth-order valence-corrected chi connectivity index (χ4v) is 3.08. The van der Waals surface area contributed by atoms with Crippen molar-refractivity contribution in [1.82, 2.24) is 9.88 Å². The number of rotatable bonds is 3. The van der Waals surface area contributed by atoms with E-state index in [4.69, 9.17) is 9.15 Å². The lowest BCUT2D eigenvalue weighted by atomic mass is 10.1. The molecule has 2 aromatic rings. The number of carbonyl (C=O) groups is 1. The van der Waals surface area contributed by atoms with E-state index in [1.54, 1.807) is 18.0 Å². The Bertz CT molecular complexity index is 857. The molecule has 9 nitrogen and oxygen atoms in total. The number of benzene rings is 1. The highest BCUT2D eigenvalue weighted by Gasteiger charge is 2.30. The van der Waals surface area contributed by atoms with Gasteiger partial charge in [0.15, 0.2) is 5.58 Å². The normalized spacial score (nSPS) is 17.8. The van der Waals surface area contributed by atoms with Gasteiger partial charge in [-0.3, -0.25) is 10.1 Å². The highest BCUT2D eigenvalue weighted by atomic mass is 16.6. The standard InChI is InChI=1S/C18H24N4O5/c1-18(2,3)27-17(23)20(4)13-6-5-9-21(11-13)16-19-14-10-12(22(24)25)7-8-15(14)26-16/h7-8,10,13H,5-6,9,11H2,1-4H3/t13-/m1/s1. The van der Waals surface area contributed by atoms with E-state index in [0.29, 0.717) is 23.7 Å². The summed E-state index contributed by atoms with van der Waals surface area (Å²) in [6.07, 6.45) is 1.37. The van der Waals surface area contributed by atoms with Crippen LogP contribution >= 0.6 is 0 Å². The number of aromatic nitrogens is 1. The second-order valence-electron chi connectivity index (χ2n) is 7.74. The van der Waals surface area contributed by atoms with Gasteiger partial charge in [-0.15, -0.1) is 0 Å². The zero-order valence-electron chi connectivity index (χ0n) is 16.0. The molecule has 0 saturated carbocycles. The van der Waals surface area contributed by atoms with Gasteiger partial charge in [-0.2, -0.15) is 4.98 Å². The van der Waals surface area contributed by atoms with Crippen LogP contribution in [0, 0.1) is 10.1 Å². The number of likely N-dealkylation sites (N-methyl/N-ethyl adjacent to an activating group) is 1. The van der Waals surface area contributed by atoms with E-state index in [0.717, 1.165) is 19.4 Å². The van der Waals surface area contributed by atoms with Crippen LogP contribution < -0.4 is 4.90 Å². The van der Waals surface area contributed by atoms with Gasteiger partial charge in [0.2, 0.25) is 0 Å². The van der Waals surface area contributed by atoms with Crippen molar-refractivity contribution in [2.45, 2.75) is 45.3 Å². The molecule has 0 spiro atoms. The molecule has 0 unspecified atom stereocenters. The van der Waals surface area contributed by atoms with E-state index in [9.17, 15) is 14.9 Å². The molecule has 0 bridgehead atoms. The van der Waals surface area contributed by atoms with Crippen LogP contribution in [0.5, 0.6) is 0 Å². The molecule has 27 heavy (non-hydrogen) atoms. The summed E-state index contributed by atoms with van der Waals surface area (Å²) in [5.74, 6) is 0. The van der Waals surface area contributed by atoms with Crippen LogP contribution in [0.3, 0.4) is 0 Å². The molecule has 0 radical (unpaired) electrons. The van der Waals surface area contributed by atoms with Gasteiger partial charge in [-0.05, 0) is 39.7 Å². The van der Waals surface area contributed by atoms with Crippen LogP contribution in [0.2, 0.25) is 0 Å². The average molecular weight is 376 g/mol. The van der Waals surface area contributed by atoms with Crippen molar-refractivity contribution < 1.29 is 18.9 Å². The fourth-order valence-electron chi connectivity index (χ4n) is 3.08. The summed E-state index contributed by atoms with van der Waals surface area (Å²) in [5, 5.41) is 10.9. The van der Waals surface area contributed by atoms with E-state index in [-0.39, 0.29) is 17.8 Å². The van der Waals surface area contributed by atoms with Crippen molar-refractivity contribution in [3.05, 3.63) is 28.3 Å². The van der Waals surface area contributed by atoms with E-state index >= 15 is 0 Å². The topological polar surface area (TPSA) is 102 Å². The fraction of sp³-hybridized carbons (Fsp3) is 0.556. The molecule has 1 aromatic heterocycles. The van der Waals surface area contributed by atoms with Crippen LogP contribution in [0.4, 0.5) is 16.5 Å². The third-order valence-electron chi connectivity index (χ3n) is 4.47. The molecule has 146 valence electrons. The number of nitrogens with zero attached hydrogens (tertiary/aromatic N) is 4. The predicted octanol–water partition coefficient (Wildman–Crippen LogP) is 3.57. The van der Waals surface area contributed by atoms with Crippen LogP contribution in [-0.2, 0) is 4.74 Å². The van der Waals surface area contributed by atoms with Crippen molar-refractivity contribution in [3.63, 3.8) is 0 Å². The molecule has 1 fully saturated rings. The number of ether oxygens (including phenoxy) is 1. The summed E-state index contributed by atoms with van der Waals surface area (Å²) < 4.78 is 11.2. The Balaban J connectivity index is 1.75. The van der Waals surface area contributed by atoms with Gasteiger partial charge in [0.05, 0.1) is 11.0 Å². The van der Waals surface area contributed by atoms with Crippen molar-refractivity contribution in [2.24, 2.45) is 0 Å². The first-order valence-electron chi connectivity index (χ1n) is 8.90. The number of hydrogen-bond acceptors (Lipinski definition) is 7. The summed E-state index contributed by atoms with van der Waals surface area (Å²) in [4.78, 5) is 30.8. The number of oxazole rings is 1. The number of fused-ring (bicyclic) bond motifs is 1. The van der Waals surface area contributed by atoms with E-state index < -0.39 is 10.5 Å². The monoisotopic (exact) mass is 376 g/mol. The lowest BCUT2D eigenvalue weighted by Gasteiger charge is -2.37. The van der Waals surface area contributed by atoms with Gasteiger partial charge in [-0.25, -0.2) is 4.79 Å². The van der Waals surface area contributed by atoms with Crippen molar-refractivity contribution in [3.8, 4) is 0 Å². The molecule has 3 rings (SSSR count). The highest BCUT2D eigenvalue weighted by molar-refractivity contribution is 5.77. The second-order valence-corrected chi connectivity index (χ2v) is 7.74. The number of piperidine rings is 1.